The van der Waals surface area contributed by atoms with Crippen LogP contribution in [0.2, 0.25) is 0 Å². The summed E-state index contributed by atoms with van der Waals surface area (Å²) >= 11 is 3.86. The second kappa shape index (κ2) is 5.44. The van der Waals surface area contributed by atoms with E-state index in [4.69, 9.17) is 9.47 Å². The number of rotatable bonds is 4. The Bertz CT molecular complexity index is 681. The van der Waals surface area contributed by atoms with Gasteiger partial charge in [-0.1, -0.05) is 0 Å². The lowest BCUT2D eigenvalue weighted by atomic mass is 10.1. The minimum absolute atomic E-state index is 0.0422. The van der Waals surface area contributed by atoms with Crippen molar-refractivity contribution in [2.75, 3.05) is 25.2 Å². The standard InChI is InChI=1S/C15H18N2O4S2/c1-3-21-14(19)12-11-8-6-9(8)15(22-4-5-23-15)13(11)17(16-12)7-10(18)20-2/h8-9H,3-7H2,1-2H3/t8-,9+/m0/s1. The minimum atomic E-state index is -0.386. The summed E-state index contributed by atoms with van der Waals surface area (Å²) in [4.78, 5) is 24.1. The van der Waals surface area contributed by atoms with E-state index in [9.17, 15) is 9.59 Å². The van der Waals surface area contributed by atoms with Crippen molar-refractivity contribution in [2.24, 2.45) is 5.92 Å². The average molecular weight is 354 g/mol. The van der Waals surface area contributed by atoms with E-state index in [2.05, 4.69) is 5.10 Å². The highest BCUT2D eigenvalue weighted by Gasteiger charge is 2.66. The Labute approximate surface area is 142 Å². The molecule has 4 rings (SSSR count). The Morgan fingerprint density at radius 3 is 2.78 bits per heavy atom. The zero-order chi connectivity index (χ0) is 16.2. The minimum Gasteiger partial charge on any atom is -0.468 e. The fraction of sp³-hybridized carbons (Fsp3) is 0.667. The number of nitrogens with zero attached hydrogens (tertiary/aromatic N) is 2. The van der Waals surface area contributed by atoms with Crippen LogP contribution in [0.25, 0.3) is 0 Å². The van der Waals surface area contributed by atoms with Gasteiger partial charge >= 0.3 is 11.9 Å². The van der Waals surface area contributed by atoms with Crippen LogP contribution in [0, 0.1) is 5.92 Å². The molecule has 6 nitrogen and oxygen atoms in total. The molecule has 124 valence electrons. The number of hydrogen-bond acceptors (Lipinski definition) is 7. The van der Waals surface area contributed by atoms with Crippen LogP contribution in [0.5, 0.6) is 0 Å². The quantitative estimate of drug-likeness (QED) is 0.766. The largest absolute Gasteiger partial charge is 0.468 e. The van der Waals surface area contributed by atoms with Gasteiger partial charge in [0.15, 0.2) is 5.69 Å². The molecule has 0 N–H and O–H groups in total. The molecule has 1 aromatic heterocycles. The Morgan fingerprint density at radius 1 is 1.39 bits per heavy atom. The van der Waals surface area contributed by atoms with Crippen molar-refractivity contribution >= 4 is 35.5 Å². The lowest BCUT2D eigenvalue weighted by molar-refractivity contribution is -0.141. The molecule has 0 bridgehead atoms. The van der Waals surface area contributed by atoms with E-state index in [1.54, 1.807) is 11.6 Å². The van der Waals surface area contributed by atoms with E-state index in [0.29, 0.717) is 24.1 Å². The van der Waals surface area contributed by atoms with Gasteiger partial charge in [0.1, 0.15) is 10.6 Å². The molecule has 8 heteroatoms. The fourth-order valence-corrected chi connectivity index (χ4v) is 7.49. The Morgan fingerprint density at radius 2 is 2.13 bits per heavy atom. The van der Waals surface area contributed by atoms with E-state index < -0.39 is 0 Å². The number of esters is 2. The number of carbonyl (C=O) groups is 2. The molecule has 0 radical (unpaired) electrons. The molecule has 2 aliphatic carbocycles. The van der Waals surface area contributed by atoms with Crippen LogP contribution in [0.15, 0.2) is 0 Å². The van der Waals surface area contributed by atoms with Crippen LogP contribution in [0.4, 0.5) is 0 Å². The summed E-state index contributed by atoms with van der Waals surface area (Å²) in [6.07, 6.45) is 1.10. The molecule has 0 amide bonds. The third kappa shape index (κ3) is 2.14. The maximum Gasteiger partial charge on any atom is 0.359 e. The van der Waals surface area contributed by atoms with Gasteiger partial charge in [0.2, 0.25) is 0 Å². The average Bonchev–Trinajstić information content (AvgIpc) is 2.93. The first kappa shape index (κ1) is 15.4. The molecule has 1 spiro atoms. The van der Waals surface area contributed by atoms with Crippen molar-refractivity contribution in [1.82, 2.24) is 9.78 Å². The van der Waals surface area contributed by atoms with E-state index >= 15 is 0 Å². The summed E-state index contributed by atoms with van der Waals surface area (Å²) in [5, 5.41) is 4.45. The second-order valence-electron chi connectivity index (χ2n) is 5.88. The maximum absolute atomic E-state index is 12.3. The summed E-state index contributed by atoms with van der Waals surface area (Å²) in [5.74, 6) is 2.37. The van der Waals surface area contributed by atoms with Crippen LogP contribution in [0.1, 0.15) is 41.0 Å². The maximum atomic E-state index is 12.3. The zero-order valence-electron chi connectivity index (χ0n) is 13.0. The summed E-state index contributed by atoms with van der Waals surface area (Å²) < 4.78 is 11.6. The predicted octanol–water partition coefficient (Wildman–Crippen LogP) is 1.98. The predicted molar refractivity (Wildman–Crippen MR) is 87.6 cm³/mol. The number of carbonyl (C=O) groups excluding carboxylic acids is 2. The first-order chi connectivity index (χ1) is 11.1. The second-order valence-corrected chi connectivity index (χ2v) is 8.82. The normalized spacial score (nSPS) is 26.0. The SMILES string of the molecule is CCOC(=O)c1nn(CC(=O)OC)c2c1[C@H]1C[C@H]1C21SCCS1. The number of ether oxygens (including phenoxy) is 2. The molecule has 23 heavy (non-hydrogen) atoms. The lowest BCUT2D eigenvalue weighted by Crippen LogP contribution is -2.24. The van der Waals surface area contributed by atoms with Gasteiger partial charge in [0.25, 0.3) is 0 Å². The van der Waals surface area contributed by atoms with E-state index in [0.717, 1.165) is 29.2 Å². The van der Waals surface area contributed by atoms with Crippen molar-refractivity contribution in [3.8, 4) is 0 Å². The van der Waals surface area contributed by atoms with Crippen LogP contribution in [-0.4, -0.2) is 46.9 Å². The zero-order valence-corrected chi connectivity index (χ0v) is 14.7. The van der Waals surface area contributed by atoms with Gasteiger partial charge in [-0.2, -0.15) is 5.10 Å². The Hall–Kier alpha value is -1.15. The number of aromatic nitrogens is 2. The molecule has 0 unspecified atom stereocenters. The molecule has 2 fully saturated rings. The Balaban J connectivity index is 1.82. The summed E-state index contributed by atoms with van der Waals surface area (Å²) in [6, 6.07) is 0. The highest BCUT2D eigenvalue weighted by molar-refractivity contribution is 8.20. The van der Waals surface area contributed by atoms with Crippen LogP contribution < -0.4 is 0 Å². The van der Waals surface area contributed by atoms with Crippen molar-refractivity contribution < 1.29 is 19.1 Å². The van der Waals surface area contributed by atoms with Crippen molar-refractivity contribution in [2.45, 2.75) is 29.9 Å². The van der Waals surface area contributed by atoms with E-state index in [-0.39, 0.29) is 22.6 Å². The highest BCUT2D eigenvalue weighted by Crippen LogP contribution is 2.75. The van der Waals surface area contributed by atoms with Gasteiger partial charge in [0, 0.05) is 17.1 Å². The van der Waals surface area contributed by atoms with Crippen LogP contribution >= 0.6 is 23.5 Å². The molecule has 1 aliphatic heterocycles. The van der Waals surface area contributed by atoms with Crippen LogP contribution in [-0.2, 0) is 24.9 Å². The van der Waals surface area contributed by atoms with Gasteiger partial charge in [-0.05, 0) is 25.2 Å². The lowest BCUT2D eigenvalue weighted by Gasteiger charge is -2.25. The van der Waals surface area contributed by atoms with E-state index in [1.807, 2.05) is 23.5 Å². The third-order valence-corrected chi connectivity index (χ3v) is 8.29. The van der Waals surface area contributed by atoms with Crippen LogP contribution in [0.3, 0.4) is 0 Å². The molecule has 2 heterocycles. The number of thioether (sulfide) groups is 2. The van der Waals surface area contributed by atoms with Crippen molar-refractivity contribution in [3.05, 3.63) is 17.0 Å². The van der Waals surface area contributed by atoms with Gasteiger partial charge in [-0.3, -0.25) is 9.48 Å². The first-order valence-electron chi connectivity index (χ1n) is 7.75. The Kier molecular flexibility index (Phi) is 3.64. The molecule has 1 aromatic rings. The first-order valence-corrected chi connectivity index (χ1v) is 9.72. The number of fused-ring (bicyclic) bond motifs is 5. The van der Waals surface area contributed by atoms with Gasteiger partial charge in [0.05, 0.1) is 19.4 Å². The topological polar surface area (TPSA) is 70.4 Å². The summed E-state index contributed by atoms with van der Waals surface area (Å²) in [7, 11) is 1.37. The van der Waals surface area contributed by atoms with Gasteiger partial charge in [-0.25, -0.2) is 4.79 Å². The number of methoxy groups -OCH3 is 1. The van der Waals surface area contributed by atoms with E-state index in [1.165, 1.54) is 7.11 Å². The summed E-state index contributed by atoms with van der Waals surface area (Å²) in [5.41, 5.74) is 2.45. The molecular weight excluding hydrogens is 336 g/mol. The third-order valence-electron chi connectivity index (χ3n) is 4.66. The highest BCUT2D eigenvalue weighted by atomic mass is 32.2. The number of hydrogen-bond donors (Lipinski definition) is 0. The van der Waals surface area contributed by atoms with Gasteiger partial charge in [-0.15, -0.1) is 23.5 Å². The molecule has 1 saturated carbocycles. The molecule has 3 aliphatic rings. The fourth-order valence-electron chi connectivity index (χ4n) is 3.73. The monoisotopic (exact) mass is 354 g/mol. The van der Waals surface area contributed by atoms with Crippen molar-refractivity contribution in [3.63, 3.8) is 0 Å². The summed E-state index contributed by atoms with van der Waals surface area (Å²) in [6.45, 7) is 2.15. The molecule has 0 aromatic carbocycles. The molecular formula is C15H18N2O4S2. The molecule has 2 atom stereocenters. The molecule has 1 saturated heterocycles. The van der Waals surface area contributed by atoms with Crippen molar-refractivity contribution in [1.29, 1.82) is 0 Å². The van der Waals surface area contributed by atoms with Gasteiger partial charge < -0.3 is 9.47 Å². The smallest absolute Gasteiger partial charge is 0.359 e.